The van der Waals surface area contributed by atoms with Crippen molar-refractivity contribution in [2.45, 2.75) is 6.61 Å². The fourth-order valence-corrected chi connectivity index (χ4v) is 2.92. The number of amides is 1. The molecule has 24 heavy (non-hydrogen) atoms. The lowest BCUT2D eigenvalue weighted by molar-refractivity contribution is 0.0736. The van der Waals surface area contributed by atoms with E-state index in [1.807, 2.05) is 53.4 Å². The highest BCUT2D eigenvalue weighted by Crippen LogP contribution is 2.24. The minimum Gasteiger partial charge on any atom is -0.488 e. The zero-order chi connectivity index (χ0) is 16.1. The van der Waals surface area contributed by atoms with Crippen molar-refractivity contribution in [3.05, 3.63) is 64.1 Å². The molecule has 0 aliphatic carbocycles. The fraction of sp³-hybridized carbons (Fsp3) is 0.278. The minimum absolute atomic E-state index is 0. The van der Waals surface area contributed by atoms with Crippen LogP contribution in [0.5, 0.6) is 5.75 Å². The molecular formula is C18H20BrClN2O2. The number of nitrogens with one attached hydrogen (secondary N) is 1. The van der Waals surface area contributed by atoms with Gasteiger partial charge in [-0.05, 0) is 45.8 Å². The molecule has 1 saturated heterocycles. The van der Waals surface area contributed by atoms with E-state index >= 15 is 0 Å². The van der Waals surface area contributed by atoms with Crippen LogP contribution >= 0.6 is 28.3 Å². The van der Waals surface area contributed by atoms with E-state index in [2.05, 4.69) is 21.2 Å². The van der Waals surface area contributed by atoms with Gasteiger partial charge in [0.2, 0.25) is 0 Å². The summed E-state index contributed by atoms with van der Waals surface area (Å²) in [7, 11) is 0. The minimum atomic E-state index is 0. The summed E-state index contributed by atoms with van der Waals surface area (Å²) in [5.41, 5.74) is 1.77. The van der Waals surface area contributed by atoms with Gasteiger partial charge in [-0.15, -0.1) is 12.4 Å². The van der Waals surface area contributed by atoms with E-state index in [1.54, 1.807) is 0 Å². The summed E-state index contributed by atoms with van der Waals surface area (Å²) in [6.45, 7) is 3.75. The third-order valence-corrected chi connectivity index (χ3v) is 4.49. The molecule has 128 valence electrons. The molecule has 0 spiro atoms. The first-order chi connectivity index (χ1) is 11.2. The predicted octanol–water partition coefficient (Wildman–Crippen LogP) is 3.50. The number of carbonyl (C=O) groups excluding carboxylic acids is 1. The molecule has 1 N–H and O–H groups in total. The lowest BCUT2D eigenvalue weighted by Gasteiger charge is -2.27. The topological polar surface area (TPSA) is 41.6 Å². The number of nitrogens with zero attached hydrogens (tertiary/aromatic N) is 1. The third kappa shape index (κ3) is 4.72. The van der Waals surface area contributed by atoms with E-state index in [9.17, 15) is 4.79 Å². The second-order valence-corrected chi connectivity index (χ2v) is 6.31. The lowest BCUT2D eigenvalue weighted by atomic mass is 10.1. The van der Waals surface area contributed by atoms with Gasteiger partial charge < -0.3 is 15.0 Å². The van der Waals surface area contributed by atoms with Crippen molar-refractivity contribution in [1.29, 1.82) is 0 Å². The highest BCUT2D eigenvalue weighted by atomic mass is 79.9. The summed E-state index contributed by atoms with van der Waals surface area (Å²) in [6.07, 6.45) is 0. The van der Waals surface area contributed by atoms with Gasteiger partial charge in [-0.2, -0.15) is 0 Å². The molecule has 4 nitrogen and oxygen atoms in total. The Morgan fingerprint density at radius 2 is 1.75 bits per heavy atom. The molecule has 0 saturated carbocycles. The van der Waals surface area contributed by atoms with Crippen LogP contribution in [0.1, 0.15) is 15.9 Å². The quantitative estimate of drug-likeness (QED) is 0.837. The maximum atomic E-state index is 12.4. The van der Waals surface area contributed by atoms with Crippen LogP contribution in [-0.2, 0) is 6.61 Å². The van der Waals surface area contributed by atoms with Gasteiger partial charge in [-0.1, -0.05) is 24.3 Å². The number of hydrogen-bond donors (Lipinski definition) is 1. The normalized spacial score (nSPS) is 14.0. The number of para-hydroxylation sites is 1. The Balaban J connectivity index is 0.00000208. The largest absolute Gasteiger partial charge is 0.488 e. The Hall–Kier alpha value is -1.56. The van der Waals surface area contributed by atoms with E-state index in [4.69, 9.17) is 4.74 Å². The van der Waals surface area contributed by atoms with E-state index < -0.39 is 0 Å². The second kappa shape index (κ2) is 9.06. The van der Waals surface area contributed by atoms with Gasteiger partial charge in [0.05, 0.1) is 4.47 Å². The van der Waals surface area contributed by atoms with Crippen molar-refractivity contribution in [1.82, 2.24) is 10.2 Å². The molecule has 1 heterocycles. The van der Waals surface area contributed by atoms with Gasteiger partial charge in [0.25, 0.3) is 5.91 Å². The van der Waals surface area contributed by atoms with Crippen LogP contribution in [0.3, 0.4) is 0 Å². The van der Waals surface area contributed by atoms with Crippen LogP contribution < -0.4 is 10.1 Å². The zero-order valence-electron chi connectivity index (χ0n) is 13.2. The molecular weight excluding hydrogens is 392 g/mol. The van der Waals surface area contributed by atoms with Gasteiger partial charge in [0, 0.05) is 31.7 Å². The molecule has 1 fully saturated rings. The lowest BCUT2D eigenvalue weighted by Crippen LogP contribution is -2.46. The average Bonchev–Trinajstić information content (AvgIpc) is 2.62. The summed E-state index contributed by atoms with van der Waals surface area (Å²) in [5, 5.41) is 3.25. The monoisotopic (exact) mass is 410 g/mol. The average molecular weight is 412 g/mol. The summed E-state index contributed by atoms with van der Waals surface area (Å²) in [5.74, 6) is 0.915. The maximum absolute atomic E-state index is 12.4. The third-order valence-electron chi connectivity index (χ3n) is 3.84. The standard InChI is InChI=1S/C18H19BrN2O2.ClH/c19-16-3-1-2-4-17(16)23-13-14-5-7-15(8-6-14)18(22)21-11-9-20-10-12-21;/h1-8,20H,9-13H2;1H. The summed E-state index contributed by atoms with van der Waals surface area (Å²) in [6, 6.07) is 15.4. The molecule has 3 rings (SSSR count). The summed E-state index contributed by atoms with van der Waals surface area (Å²) >= 11 is 3.46. The molecule has 0 atom stereocenters. The Kier molecular flexibility index (Phi) is 7.09. The Labute approximate surface area is 156 Å². The van der Waals surface area contributed by atoms with Crippen LogP contribution in [0.25, 0.3) is 0 Å². The molecule has 2 aromatic carbocycles. The molecule has 2 aromatic rings. The Morgan fingerprint density at radius 1 is 1.08 bits per heavy atom. The number of piperazine rings is 1. The van der Waals surface area contributed by atoms with Crippen LogP contribution in [0.4, 0.5) is 0 Å². The molecule has 0 bridgehead atoms. The predicted molar refractivity (Wildman–Crippen MR) is 101 cm³/mol. The number of halogens is 2. The van der Waals surface area contributed by atoms with E-state index in [-0.39, 0.29) is 18.3 Å². The van der Waals surface area contributed by atoms with E-state index in [0.29, 0.717) is 6.61 Å². The van der Waals surface area contributed by atoms with Crippen molar-refractivity contribution in [2.75, 3.05) is 26.2 Å². The van der Waals surface area contributed by atoms with Crippen LogP contribution in [0.2, 0.25) is 0 Å². The molecule has 0 unspecified atom stereocenters. The van der Waals surface area contributed by atoms with Gasteiger partial charge in [0.15, 0.2) is 0 Å². The zero-order valence-corrected chi connectivity index (χ0v) is 15.6. The first-order valence-corrected chi connectivity index (χ1v) is 8.49. The number of rotatable bonds is 4. The number of carbonyl (C=O) groups is 1. The number of hydrogen-bond acceptors (Lipinski definition) is 3. The Morgan fingerprint density at radius 3 is 2.42 bits per heavy atom. The first kappa shape index (κ1) is 18.8. The van der Waals surface area contributed by atoms with Crippen molar-refractivity contribution in [3.8, 4) is 5.75 Å². The van der Waals surface area contributed by atoms with Crippen molar-refractivity contribution in [2.24, 2.45) is 0 Å². The first-order valence-electron chi connectivity index (χ1n) is 7.70. The number of benzene rings is 2. The van der Waals surface area contributed by atoms with Gasteiger partial charge in [0.1, 0.15) is 12.4 Å². The van der Waals surface area contributed by atoms with E-state index in [1.165, 1.54) is 0 Å². The van der Waals surface area contributed by atoms with Gasteiger partial charge in [-0.3, -0.25) is 4.79 Å². The van der Waals surface area contributed by atoms with Crippen molar-refractivity contribution >= 4 is 34.2 Å². The van der Waals surface area contributed by atoms with Crippen LogP contribution in [0, 0.1) is 0 Å². The molecule has 0 radical (unpaired) electrons. The molecule has 6 heteroatoms. The van der Waals surface area contributed by atoms with E-state index in [0.717, 1.165) is 47.5 Å². The summed E-state index contributed by atoms with van der Waals surface area (Å²) in [4.78, 5) is 14.3. The smallest absolute Gasteiger partial charge is 0.253 e. The molecule has 1 aliphatic heterocycles. The second-order valence-electron chi connectivity index (χ2n) is 5.46. The maximum Gasteiger partial charge on any atom is 0.253 e. The van der Waals surface area contributed by atoms with Gasteiger partial charge in [-0.25, -0.2) is 0 Å². The fourth-order valence-electron chi connectivity index (χ4n) is 2.52. The highest BCUT2D eigenvalue weighted by Gasteiger charge is 2.17. The van der Waals surface area contributed by atoms with Crippen molar-refractivity contribution < 1.29 is 9.53 Å². The Bertz CT molecular complexity index is 673. The highest BCUT2D eigenvalue weighted by molar-refractivity contribution is 9.10. The summed E-state index contributed by atoms with van der Waals surface area (Å²) < 4.78 is 6.72. The number of ether oxygens (including phenoxy) is 1. The SMILES string of the molecule is Cl.O=C(c1ccc(COc2ccccc2Br)cc1)N1CCNCC1. The van der Waals surface area contributed by atoms with Crippen molar-refractivity contribution in [3.63, 3.8) is 0 Å². The van der Waals surface area contributed by atoms with Crippen LogP contribution in [-0.4, -0.2) is 37.0 Å². The van der Waals surface area contributed by atoms with Gasteiger partial charge >= 0.3 is 0 Å². The molecule has 1 amide bonds. The van der Waals surface area contributed by atoms with Crippen LogP contribution in [0.15, 0.2) is 53.0 Å². The molecule has 0 aromatic heterocycles. The molecule has 1 aliphatic rings.